The van der Waals surface area contributed by atoms with Crippen LogP contribution in [0.1, 0.15) is 33.6 Å². The van der Waals surface area contributed by atoms with Gasteiger partial charge in [-0.05, 0) is 18.4 Å². The minimum absolute atomic E-state index is 0.205. The Kier molecular flexibility index (Phi) is 7.44. The Morgan fingerprint density at radius 1 is 0.952 bits per heavy atom. The molecule has 0 amide bonds. The zero-order valence-corrected chi connectivity index (χ0v) is 13.6. The highest BCUT2D eigenvalue weighted by Crippen LogP contribution is 2.25. The fraction of sp³-hybridized carbons (Fsp3) is 1.00. The van der Waals surface area contributed by atoms with E-state index in [2.05, 4.69) is 31.0 Å². The van der Waals surface area contributed by atoms with Crippen molar-refractivity contribution in [3.05, 3.63) is 0 Å². The normalized spacial score (nSPS) is 21.4. The van der Waals surface area contributed by atoms with Crippen molar-refractivity contribution < 1.29 is 13.2 Å². The molecule has 1 aliphatic rings. The predicted molar refractivity (Wildman–Crippen MR) is 80.5 cm³/mol. The second-order valence-electron chi connectivity index (χ2n) is 6.51. The molecule has 1 saturated heterocycles. The lowest BCUT2D eigenvalue weighted by Crippen LogP contribution is -2.52. The molecule has 1 atom stereocenters. The first kappa shape index (κ1) is 18.7. The van der Waals surface area contributed by atoms with Crippen molar-refractivity contribution in [1.82, 2.24) is 15.1 Å². The summed E-state index contributed by atoms with van der Waals surface area (Å²) < 4.78 is 37.2. The molecule has 0 spiro atoms. The SMILES string of the molecule is CCCC(C)(CNCC)CN1CCN(CC(F)(F)F)CC1. The van der Waals surface area contributed by atoms with Gasteiger partial charge >= 0.3 is 6.18 Å². The molecule has 0 saturated carbocycles. The Balaban J connectivity index is 2.41. The lowest BCUT2D eigenvalue weighted by Gasteiger charge is -2.40. The maximum Gasteiger partial charge on any atom is 0.401 e. The Morgan fingerprint density at radius 2 is 1.48 bits per heavy atom. The molecule has 6 heteroatoms. The van der Waals surface area contributed by atoms with Gasteiger partial charge in [-0.3, -0.25) is 4.90 Å². The number of halogens is 3. The third-order valence-electron chi connectivity index (χ3n) is 4.13. The molecule has 21 heavy (non-hydrogen) atoms. The minimum atomic E-state index is -4.08. The molecule has 3 nitrogen and oxygen atoms in total. The highest BCUT2D eigenvalue weighted by molar-refractivity contribution is 4.83. The molecular formula is C15H30F3N3. The van der Waals surface area contributed by atoms with Gasteiger partial charge in [-0.2, -0.15) is 13.2 Å². The van der Waals surface area contributed by atoms with E-state index in [1.54, 1.807) is 0 Å². The van der Waals surface area contributed by atoms with Crippen molar-refractivity contribution in [3.8, 4) is 0 Å². The van der Waals surface area contributed by atoms with Gasteiger partial charge in [-0.15, -0.1) is 0 Å². The van der Waals surface area contributed by atoms with E-state index in [0.29, 0.717) is 13.1 Å². The lowest BCUT2D eigenvalue weighted by molar-refractivity contribution is -0.149. The van der Waals surface area contributed by atoms with Gasteiger partial charge in [-0.25, -0.2) is 0 Å². The monoisotopic (exact) mass is 309 g/mol. The van der Waals surface area contributed by atoms with E-state index in [9.17, 15) is 13.2 Å². The highest BCUT2D eigenvalue weighted by Gasteiger charge is 2.33. The van der Waals surface area contributed by atoms with Crippen molar-refractivity contribution in [1.29, 1.82) is 0 Å². The Bertz CT molecular complexity index is 288. The maximum atomic E-state index is 12.4. The standard InChI is InChI=1S/C15H30F3N3/c1-4-6-14(3,11-19-5-2)12-20-7-9-21(10-8-20)13-15(16,17)18/h19H,4-13H2,1-3H3. The number of hydrogen-bond acceptors (Lipinski definition) is 3. The molecule has 0 aromatic carbocycles. The average molecular weight is 309 g/mol. The van der Waals surface area contributed by atoms with Gasteiger partial charge in [0.1, 0.15) is 0 Å². The van der Waals surface area contributed by atoms with Crippen LogP contribution in [0, 0.1) is 5.41 Å². The molecule has 0 radical (unpaired) electrons. The number of rotatable bonds is 8. The lowest BCUT2D eigenvalue weighted by atomic mass is 9.84. The minimum Gasteiger partial charge on any atom is -0.316 e. The fourth-order valence-corrected chi connectivity index (χ4v) is 3.15. The second kappa shape index (κ2) is 8.34. The first-order chi connectivity index (χ1) is 9.78. The summed E-state index contributed by atoms with van der Waals surface area (Å²) in [5.74, 6) is 0. The second-order valence-corrected chi connectivity index (χ2v) is 6.51. The van der Waals surface area contributed by atoms with Crippen LogP contribution in [-0.4, -0.2) is 68.3 Å². The largest absolute Gasteiger partial charge is 0.401 e. The first-order valence-electron chi connectivity index (χ1n) is 8.00. The van der Waals surface area contributed by atoms with Gasteiger partial charge in [-0.1, -0.05) is 27.2 Å². The molecule has 126 valence electrons. The Morgan fingerprint density at radius 3 is 1.90 bits per heavy atom. The van der Waals surface area contributed by atoms with Crippen LogP contribution in [-0.2, 0) is 0 Å². The summed E-state index contributed by atoms with van der Waals surface area (Å²) >= 11 is 0. The molecule has 1 unspecified atom stereocenters. The summed E-state index contributed by atoms with van der Waals surface area (Å²) in [6, 6.07) is 0. The maximum absolute atomic E-state index is 12.4. The van der Waals surface area contributed by atoms with Crippen molar-refractivity contribution >= 4 is 0 Å². The zero-order chi connectivity index (χ0) is 15.9. The fourth-order valence-electron chi connectivity index (χ4n) is 3.15. The summed E-state index contributed by atoms with van der Waals surface area (Å²) in [6.45, 7) is 11.2. The highest BCUT2D eigenvalue weighted by atomic mass is 19.4. The summed E-state index contributed by atoms with van der Waals surface area (Å²) in [5.41, 5.74) is 0.205. The summed E-state index contributed by atoms with van der Waals surface area (Å²) in [7, 11) is 0. The predicted octanol–water partition coefficient (Wildman–Crippen LogP) is 2.58. The van der Waals surface area contributed by atoms with E-state index >= 15 is 0 Å². The number of nitrogens with one attached hydrogen (secondary N) is 1. The van der Waals surface area contributed by atoms with E-state index in [1.807, 2.05) is 0 Å². The van der Waals surface area contributed by atoms with E-state index in [1.165, 1.54) is 4.90 Å². The van der Waals surface area contributed by atoms with Gasteiger partial charge in [0, 0.05) is 39.3 Å². The number of nitrogens with zero attached hydrogens (tertiary/aromatic N) is 2. The van der Waals surface area contributed by atoms with Crippen LogP contribution in [0.15, 0.2) is 0 Å². The molecule has 0 aromatic rings. The topological polar surface area (TPSA) is 18.5 Å². The van der Waals surface area contributed by atoms with Crippen LogP contribution >= 0.6 is 0 Å². The number of piperazine rings is 1. The molecular weight excluding hydrogens is 279 g/mol. The van der Waals surface area contributed by atoms with Crippen LogP contribution in [0.4, 0.5) is 13.2 Å². The van der Waals surface area contributed by atoms with Gasteiger partial charge in [0.2, 0.25) is 0 Å². The third-order valence-corrected chi connectivity index (χ3v) is 4.13. The molecule has 1 aliphatic heterocycles. The molecule has 1 rings (SSSR count). The zero-order valence-electron chi connectivity index (χ0n) is 13.6. The molecule has 0 bridgehead atoms. The van der Waals surface area contributed by atoms with Crippen molar-refractivity contribution in [2.75, 3.05) is 52.4 Å². The van der Waals surface area contributed by atoms with Gasteiger partial charge < -0.3 is 10.2 Å². The van der Waals surface area contributed by atoms with Gasteiger partial charge in [0.05, 0.1) is 6.54 Å². The number of alkyl halides is 3. The van der Waals surface area contributed by atoms with Gasteiger partial charge in [0.15, 0.2) is 0 Å². The van der Waals surface area contributed by atoms with E-state index in [0.717, 1.165) is 45.6 Å². The summed E-state index contributed by atoms with van der Waals surface area (Å²) in [4.78, 5) is 3.83. The quantitative estimate of drug-likeness (QED) is 0.743. The van der Waals surface area contributed by atoms with Gasteiger partial charge in [0.25, 0.3) is 0 Å². The third kappa shape index (κ3) is 7.47. The average Bonchev–Trinajstić information content (AvgIpc) is 2.37. The van der Waals surface area contributed by atoms with Crippen LogP contribution < -0.4 is 5.32 Å². The van der Waals surface area contributed by atoms with Crippen LogP contribution in [0.3, 0.4) is 0 Å². The first-order valence-corrected chi connectivity index (χ1v) is 8.00. The van der Waals surface area contributed by atoms with E-state index in [-0.39, 0.29) is 5.41 Å². The van der Waals surface area contributed by atoms with Crippen LogP contribution in [0.25, 0.3) is 0 Å². The Hall–Kier alpha value is -0.330. The van der Waals surface area contributed by atoms with Crippen LogP contribution in [0.2, 0.25) is 0 Å². The van der Waals surface area contributed by atoms with Crippen molar-refractivity contribution in [2.24, 2.45) is 5.41 Å². The van der Waals surface area contributed by atoms with E-state index < -0.39 is 12.7 Å². The summed E-state index contributed by atoms with van der Waals surface area (Å²) in [6.07, 6.45) is -1.80. The smallest absolute Gasteiger partial charge is 0.316 e. The van der Waals surface area contributed by atoms with Crippen molar-refractivity contribution in [3.63, 3.8) is 0 Å². The molecule has 1 heterocycles. The Labute approximate surface area is 126 Å². The number of hydrogen-bond donors (Lipinski definition) is 1. The molecule has 1 N–H and O–H groups in total. The molecule has 0 aliphatic carbocycles. The van der Waals surface area contributed by atoms with Crippen molar-refractivity contribution in [2.45, 2.75) is 39.8 Å². The molecule has 0 aromatic heterocycles. The summed E-state index contributed by atoms with van der Waals surface area (Å²) in [5, 5.41) is 3.42. The van der Waals surface area contributed by atoms with E-state index in [4.69, 9.17) is 0 Å². The molecule has 1 fully saturated rings. The van der Waals surface area contributed by atoms with Crippen LogP contribution in [0.5, 0.6) is 0 Å².